The van der Waals surface area contributed by atoms with Crippen molar-refractivity contribution in [1.82, 2.24) is 0 Å². The minimum Gasteiger partial charge on any atom is -0.494 e. The Labute approximate surface area is 432 Å². The molecule has 1 unspecified atom stereocenters. The second kappa shape index (κ2) is 25.1. The SMILES string of the molecule is COc1cc(C=CC(=O)CC(c2cc(N)cc(N)c2)C(O)(O)C(=O)C=Cc2ccc(OC(=O)c3ccc(OCCCC(F)(F)C(F)(F)F)cc3)c(OC)c2)ccc1OC(=O)c1ccc(OCCCC(F)(F)C(F)(F)F)cc1. The fraction of sp³-hybridized carbons (Fsp3) is 0.283. The maximum absolute atomic E-state index is 13.6. The fourth-order valence-electron chi connectivity index (χ4n) is 7.01. The number of rotatable bonds is 25. The lowest BCUT2D eigenvalue weighted by Crippen LogP contribution is -2.44. The molecule has 0 aliphatic carbocycles. The highest BCUT2D eigenvalue weighted by Gasteiger charge is 2.57. The molecule has 0 aliphatic heterocycles. The van der Waals surface area contributed by atoms with Crippen molar-refractivity contribution in [1.29, 1.82) is 0 Å². The summed E-state index contributed by atoms with van der Waals surface area (Å²) in [7, 11) is 2.51. The molecule has 5 aromatic carbocycles. The van der Waals surface area contributed by atoms with Crippen LogP contribution in [0.4, 0.5) is 55.3 Å². The van der Waals surface area contributed by atoms with E-state index < -0.39 is 105 Å². The molecular formula is C53H48F10N2O12. The van der Waals surface area contributed by atoms with Crippen molar-refractivity contribution in [3.63, 3.8) is 0 Å². The van der Waals surface area contributed by atoms with Crippen LogP contribution in [0.15, 0.2) is 115 Å². The van der Waals surface area contributed by atoms with Gasteiger partial charge in [-0.2, -0.15) is 43.9 Å². The molecule has 0 spiro atoms. The number of carbonyl (C=O) groups is 4. The first-order chi connectivity index (χ1) is 36.0. The molecule has 6 N–H and O–H groups in total. The first-order valence-corrected chi connectivity index (χ1v) is 22.7. The summed E-state index contributed by atoms with van der Waals surface area (Å²) in [6.07, 6.45) is -11.8. The Kier molecular flexibility index (Phi) is 19.5. The Morgan fingerprint density at radius 1 is 0.545 bits per heavy atom. The summed E-state index contributed by atoms with van der Waals surface area (Å²) in [5, 5.41) is 22.9. The van der Waals surface area contributed by atoms with Gasteiger partial charge in [-0.15, -0.1) is 0 Å². The smallest absolute Gasteiger partial charge is 0.453 e. The maximum atomic E-state index is 13.6. The highest BCUT2D eigenvalue weighted by molar-refractivity contribution is 6.01. The average molecular weight is 1090 g/mol. The number of alkyl halides is 10. The quantitative estimate of drug-likeness (QED) is 0.00814. The van der Waals surface area contributed by atoms with Crippen molar-refractivity contribution in [2.75, 3.05) is 38.9 Å². The van der Waals surface area contributed by atoms with E-state index in [2.05, 4.69) is 0 Å². The lowest BCUT2D eigenvalue weighted by molar-refractivity contribution is -0.284. The number of esters is 2. The molecule has 0 amide bonds. The molecule has 0 heterocycles. The lowest BCUT2D eigenvalue weighted by Gasteiger charge is -2.29. The number of anilines is 2. The van der Waals surface area contributed by atoms with E-state index in [1.54, 1.807) is 0 Å². The van der Waals surface area contributed by atoms with Crippen LogP contribution in [-0.4, -0.2) is 91.1 Å². The van der Waals surface area contributed by atoms with Gasteiger partial charge in [0.2, 0.25) is 11.6 Å². The molecule has 0 fully saturated rings. The van der Waals surface area contributed by atoms with Gasteiger partial charge in [-0.25, -0.2) is 9.59 Å². The molecule has 5 rings (SSSR count). The number of hydrogen-bond acceptors (Lipinski definition) is 14. The van der Waals surface area contributed by atoms with E-state index in [1.165, 1.54) is 129 Å². The Balaban J connectivity index is 1.21. The summed E-state index contributed by atoms with van der Waals surface area (Å²) in [6.45, 7) is -0.906. The van der Waals surface area contributed by atoms with Crippen LogP contribution < -0.4 is 39.9 Å². The normalized spacial score (nSPS) is 12.8. The van der Waals surface area contributed by atoms with Crippen LogP contribution in [0, 0.1) is 0 Å². The molecule has 0 aromatic heterocycles. The van der Waals surface area contributed by atoms with Crippen LogP contribution in [0.2, 0.25) is 0 Å². The zero-order chi connectivity index (χ0) is 56.9. The van der Waals surface area contributed by atoms with E-state index in [4.69, 9.17) is 39.9 Å². The van der Waals surface area contributed by atoms with E-state index in [1.807, 2.05) is 0 Å². The second-order valence-corrected chi connectivity index (χ2v) is 16.9. The van der Waals surface area contributed by atoms with Crippen LogP contribution in [0.3, 0.4) is 0 Å². The van der Waals surface area contributed by atoms with Crippen molar-refractivity contribution in [2.24, 2.45) is 0 Å². The molecular weight excluding hydrogens is 1050 g/mol. The zero-order valence-electron chi connectivity index (χ0n) is 40.6. The Morgan fingerprint density at radius 3 is 1.34 bits per heavy atom. The molecule has 77 heavy (non-hydrogen) atoms. The highest BCUT2D eigenvalue weighted by atomic mass is 19.4. The number of hydrogen-bond donors (Lipinski definition) is 4. The number of aliphatic hydroxyl groups is 2. The van der Waals surface area contributed by atoms with Crippen molar-refractivity contribution in [3.05, 3.63) is 143 Å². The van der Waals surface area contributed by atoms with Crippen LogP contribution >= 0.6 is 0 Å². The van der Waals surface area contributed by atoms with Gasteiger partial charge in [-0.05, 0) is 133 Å². The van der Waals surface area contributed by atoms with Crippen molar-refractivity contribution in [3.8, 4) is 34.5 Å². The van der Waals surface area contributed by atoms with Crippen LogP contribution in [0.25, 0.3) is 12.2 Å². The average Bonchev–Trinajstić information content (AvgIpc) is 3.36. The van der Waals surface area contributed by atoms with Gasteiger partial charge in [0, 0.05) is 30.6 Å². The Morgan fingerprint density at radius 2 is 0.948 bits per heavy atom. The van der Waals surface area contributed by atoms with Crippen molar-refractivity contribution < 1.29 is 102 Å². The first-order valence-electron chi connectivity index (χ1n) is 22.7. The third-order valence-electron chi connectivity index (χ3n) is 11.1. The summed E-state index contributed by atoms with van der Waals surface area (Å²) in [4.78, 5) is 53.0. The van der Waals surface area contributed by atoms with Gasteiger partial charge in [0.15, 0.2) is 28.8 Å². The van der Waals surface area contributed by atoms with Gasteiger partial charge in [0.05, 0.1) is 44.5 Å². The molecule has 0 aliphatic rings. The number of allylic oxidation sites excluding steroid dienone is 1. The number of nitrogens with two attached hydrogens (primary N) is 2. The topological polar surface area (TPSA) is 216 Å². The van der Waals surface area contributed by atoms with E-state index in [9.17, 15) is 73.3 Å². The van der Waals surface area contributed by atoms with E-state index in [-0.39, 0.29) is 68.1 Å². The molecule has 0 bridgehead atoms. The first kappa shape index (κ1) is 59.8. The zero-order valence-corrected chi connectivity index (χ0v) is 40.6. The molecule has 1 atom stereocenters. The Hall–Kier alpha value is -8.12. The van der Waals surface area contributed by atoms with Crippen LogP contribution in [0.1, 0.15) is 75.4 Å². The number of nitrogen functional groups attached to an aromatic ring is 2. The van der Waals surface area contributed by atoms with Gasteiger partial charge in [-0.1, -0.05) is 24.3 Å². The van der Waals surface area contributed by atoms with Crippen molar-refractivity contribution in [2.45, 2.75) is 68.0 Å². The third-order valence-corrected chi connectivity index (χ3v) is 11.1. The predicted octanol–water partition coefficient (Wildman–Crippen LogP) is 10.7. The van der Waals surface area contributed by atoms with Gasteiger partial charge >= 0.3 is 36.1 Å². The summed E-state index contributed by atoms with van der Waals surface area (Å²) in [5.74, 6) is -18.4. The Bertz CT molecular complexity index is 2920. The molecule has 14 nitrogen and oxygen atoms in total. The number of carbonyl (C=O) groups excluding carboxylic acids is 4. The predicted molar refractivity (Wildman–Crippen MR) is 258 cm³/mol. The molecule has 24 heteroatoms. The molecule has 0 saturated heterocycles. The van der Waals surface area contributed by atoms with Gasteiger partial charge in [0.1, 0.15) is 11.5 Å². The third kappa shape index (κ3) is 16.4. The number of benzene rings is 5. The molecule has 0 saturated carbocycles. The summed E-state index contributed by atoms with van der Waals surface area (Å²) < 4.78 is 159. The number of ketones is 2. The minimum atomic E-state index is -5.68. The van der Waals surface area contributed by atoms with Gasteiger partial charge in [0.25, 0.3) is 0 Å². The number of methoxy groups -OCH3 is 2. The van der Waals surface area contributed by atoms with Gasteiger partial charge in [-0.3, -0.25) is 9.59 Å². The van der Waals surface area contributed by atoms with Crippen molar-refractivity contribution >= 4 is 47.0 Å². The fourth-order valence-corrected chi connectivity index (χ4v) is 7.01. The number of halogens is 10. The summed E-state index contributed by atoms with van der Waals surface area (Å²) in [6, 6.07) is 22.4. The van der Waals surface area contributed by atoms with Gasteiger partial charge < -0.3 is 50.1 Å². The lowest BCUT2D eigenvalue weighted by atomic mass is 9.83. The largest absolute Gasteiger partial charge is 0.494 e. The minimum absolute atomic E-state index is 0.00641. The second-order valence-electron chi connectivity index (χ2n) is 16.9. The number of ether oxygens (including phenoxy) is 6. The molecule has 5 aromatic rings. The summed E-state index contributed by atoms with van der Waals surface area (Å²) >= 11 is 0. The van der Waals surface area contributed by atoms with Crippen LogP contribution in [-0.2, 0) is 9.59 Å². The van der Waals surface area contributed by atoms with E-state index >= 15 is 0 Å². The molecule has 412 valence electrons. The summed E-state index contributed by atoms with van der Waals surface area (Å²) in [5.41, 5.74) is 12.7. The maximum Gasteiger partial charge on any atom is 0.453 e. The van der Waals surface area contributed by atoms with Crippen LogP contribution in [0.5, 0.6) is 34.5 Å². The van der Waals surface area contributed by atoms with E-state index in [0.29, 0.717) is 5.56 Å². The molecule has 0 radical (unpaired) electrons. The van der Waals surface area contributed by atoms with E-state index in [0.717, 1.165) is 12.2 Å². The monoisotopic (exact) mass is 1090 g/mol. The standard InChI is InChI=1S/C53H48F10N2O12/c1-72-44-25-31(6-18-42(44)76-47(68)33-9-14-39(15-10-33)74-23-3-21-49(54,55)52(58,59)60)5-13-38(66)30-41(35-27-36(64)29-37(65)28-35)51(70,71)46(67)20-8-32-7-19-43(45(26-32)73-2)77-48(69)34-11-16-40(17-12-34)75-24-4-22-50(56,57)53(61,62)63/h5-20,25-29,41,70-71H,3-4,21-24,30,64-65H2,1-2H3. The highest BCUT2D eigenvalue weighted by Crippen LogP contribution is 2.41.